The van der Waals surface area contributed by atoms with Crippen molar-refractivity contribution >= 4 is 8.60 Å². The van der Waals surface area contributed by atoms with Crippen LogP contribution >= 0.6 is 8.60 Å². The van der Waals surface area contributed by atoms with E-state index in [0.29, 0.717) is 24.2 Å². The van der Waals surface area contributed by atoms with E-state index < -0.39 is 8.60 Å². The smallest absolute Gasteiger partial charge is 0.327 e. The number of nitrogens with one attached hydrogen (secondary N) is 2. The molecule has 0 saturated carbocycles. The first kappa shape index (κ1) is 26.6. The normalized spacial score (nSPS) is 10.5. The van der Waals surface area contributed by atoms with Gasteiger partial charge in [-0.1, -0.05) is 55.4 Å². The average Bonchev–Trinajstić information content (AvgIpc) is 2.26. The molecule has 0 aliphatic carbocycles. The summed E-state index contributed by atoms with van der Waals surface area (Å²) in [7, 11) is -2.26. The van der Waals surface area contributed by atoms with Crippen LogP contribution in [0.3, 0.4) is 0 Å². The predicted octanol–water partition coefficient (Wildman–Crippen LogP) is 2.91. The van der Waals surface area contributed by atoms with Gasteiger partial charge in [0.1, 0.15) is 0 Å². The highest BCUT2D eigenvalue weighted by Crippen LogP contribution is 2.23. The van der Waals surface area contributed by atoms with Crippen LogP contribution in [0.1, 0.15) is 61.8 Å². The second-order valence-electron chi connectivity index (χ2n) is 5.95. The van der Waals surface area contributed by atoms with E-state index in [-0.39, 0.29) is 13.0 Å². The fourth-order valence-electron chi connectivity index (χ4n) is 1.51. The topological polar surface area (TPSA) is 97.5 Å². The Morgan fingerprint density at radius 2 is 1.18 bits per heavy atom. The lowest BCUT2D eigenvalue weighted by Crippen LogP contribution is -2.29. The van der Waals surface area contributed by atoms with Crippen LogP contribution in [0.2, 0.25) is 0 Å². The number of hydrogen-bond acceptors (Lipinski definition) is 6. The van der Waals surface area contributed by atoms with E-state index in [1.165, 1.54) is 0 Å². The Morgan fingerprint density at radius 3 is 1.32 bits per heavy atom. The molecule has 0 heterocycles. The molecule has 0 fully saturated rings. The molecular formula is C15H36N3O3P. The van der Waals surface area contributed by atoms with Crippen molar-refractivity contribution in [3.8, 4) is 6.07 Å². The average molecular weight is 337 g/mol. The zero-order valence-electron chi connectivity index (χ0n) is 15.4. The van der Waals surface area contributed by atoms with E-state index >= 15 is 0 Å². The SMILES string of the molecule is CC(C)NC(C)C.CC(C)NC(C)C.N#CCCOP(O)O. The van der Waals surface area contributed by atoms with E-state index in [4.69, 9.17) is 15.0 Å². The molecule has 0 radical (unpaired) electrons. The molecule has 22 heavy (non-hydrogen) atoms. The highest BCUT2D eigenvalue weighted by Gasteiger charge is 1.95. The highest BCUT2D eigenvalue weighted by molar-refractivity contribution is 7.39. The van der Waals surface area contributed by atoms with E-state index in [9.17, 15) is 0 Å². The fraction of sp³-hybridized carbons (Fsp3) is 0.933. The van der Waals surface area contributed by atoms with Crippen molar-refractivity contribution in [3.63, 3.8) is 0 Å². The summed E-state index contributed by atoms with van der Waals surface area (Å²) in [6.07, 6.45) is 0.194. The summed E-state index contributed by atoms with van der Waals surface area (Å²) in [5.74, 6) is 0. The van der Waals surface area contributed by atoms with Crippen LogP contribution in [0.25, 0.3) is 0 Å². The summed E-state index contributed by atoms with van der Waals surface area (Å²) in [5.41, 5.74) is 0. The maximum Gasteiger partial charge on any atom is 0.327 e. The summed E-state index contributed by atoms with van der Waals surface area (Å²) in [6, 6.07) is 4.29. The van der Waals surface area contributed by atoms with Gasteiger partial charge in [0.2, 0.25) is 0 Å². The zero-order chi connectivity index (χ0) is 18.1. The first-order valence-corrected chi connectivity index (χ1v) is 8.89. The molecule has 0 rings (SSSR count). The van der Waals surface area contributed by atoms with Crippen LogP contribution in [-0.4, -0.2) is 40.6 Å². The Balaban J connectivity index is -0.000000247. The molecule has 0 aliphatic rings. The molecule has 0 spiro atoms. The summed E-state index contributed by atoms with van der Waals surface area (Å²) in [5, 5.41) is 14.5. The van der Waals surface area contributed by atoms with E-state index in [1.54, 1.807) is 6.07 Å². The van der Waals surface area contributed by atoms with Gasteiger partial charge in [-0.05, 0) is 0 Å². The maximum absolute atomic E-state index is 8.07. The van der Waals surface area contributed by atoms with Crippen LogP contribution in [0.5, 0.6) is 0 Å². The minimum Gasteiger partial charge on any atom is -0.328 e. The molecular weight excluding hydrogens is 301 g/mol. The van der Waals surface area contributed by atoms with Crippen molar-refractivity contribution in [2.24, 2.45) is 0 Å². The van der Waals surface area contributed by atoms with Crippen molar-refractivity contribution in [1.29, 1.82) is 5.26 Å². The van der Waals surface area contributed by atoms with Gasteiger partial charge in [0.25, 0.3) is 0 Å². The molecule has 0 aromatic rings. The number of nitriles is 1. The van der Waals surface area contributed by atoms with Gasteiger partial charge in [-0.25, -0.2) is 0 Å². The van der Waals surface area contributed by atoms with Crippen molar-refractivity contribution in [1.82, 2.24) is 10.6 Å². The largest absolute Gasteiger partial charge is 0.328 e. The maximum atomic E-state index is 8.07. The molecule has 4 N–H and O–H groups in total. The van der Waals surface area contributed by atoms with Gasteiger partial charge >= 0.3 is 8.60 Å². The Bertz CT molecular complexity index is 229. The molecule has 0 aromatic carbocycles. The molecule has 7 heteroatoms. The lowest BCUT2D eigenvalue weighted by atomic mass is 10.3. The number of rotatable bonds is 7. The molecule has 0 aromatic heterocycles. The molecule has 0 bridgehead atoms. The Hall–Kier alpha value is -0.280. The van der Waals surface area contributed by atoms with Gasteiger partial charge in [-0.2, -0.15) is 5.26 Å². The van der Waals surface area contributed by atoms with Gasteiger partial charge in [0.15, 0.2) is 0 Å². The van der Waals surface area contributed by atoms with Crippen molar-refractivity contribution in [3.05, 3.63) is 0 Å². The van der Waals surface area contributed by atoms with Crippen LogP contribution in [0.4, 0.5) is 0 Å². The van der Waals surface area contributed by atoms with Crippen LogP contribution in [0, 0.1) is 11.3 Å². The minimum atomic E-state index is -2.26. The minimum absolute atomic E-state index is 0.0925. The third kappa shape index (κ3) is 42.7. The first-order valence-electron chi connectivity index (χ1n) is 7.72. The van der Waals surface area contributed by atoms with Gasteiger partial charge in [0.05, 0.1) is 19.1 Å². The monoisotopic (exact) mass is 337 g/mol. The van der Waals surface area contributed by atoms with Gasteiger partial charge in [-0.15, -0.1) is 0 Å². The molecule has 6 nitrogen and oxygen atoms in total. The lowest BCUT2D eigenvalue weighted by molar-refractivity contribution is 0.261. The molecule has 0 unspecified atom stereocenters. The zero-order valence-corrected chi connectivity index (χ0v) is 16.3. The standard InChI is InChI=1S/2C6H15N.C3H6NO3P/c2*1-5(2)7-6(3)4;4-2-1-3-7-8(5)6/h2*5-7H,1-4H3;5-6H,1,3H2. The van der Waals surface area contributed by atoms with Crippen LogP contribution in [-0.2, 0) is 4.52 Å². The second kappa shape index (κ2) is 18.8. The number of nitrogens with zero attached hydrogens (tertiary/aromatic N) is 1. The molecule has 0 aliphatic heterocycles. The second-order valence-corrected chi connectivity index (χ2v) is 6.71. The summed E-state index contributed by atoms with van der Waals surface area (Å²) < 4.78 is 4.24. The highest BCUT2D eigenvalue weighted by atomic mass is 31.2. The van der Waals surface area contributed by atoms with Crippen molar-refractivity contribution in [2.45, 2.75) is 86.0 Å². The van der Waals surface area contributed by atoms with Crippen molar-refractivity contribution < 1.29 is 14.3 Å². The van der Waals surface area contributed by atoms with Crippen LogP contribution in [0.15, 0.2) is 0 Å². The van der Waals surface area contributed by atoms with Gasteiger partial charge in [0, 0.05) is 24.2 Å². The Kier molecular flexibility index (Phi) is 22.7. The van der Waals surface area contributed by atoms with E-state index in [0.717, 1.165) is 0 Å². The summed E-state index contributed by atoms with van der Waals surface area (Å²) >= 11 is 0. The predicted molar refractivity (Wildman–Crippen MR) is 94.4 cm³/mol. The molecule has 0 saturated heterocycles. The van der Waals surface area contributed by atoms with Crippen molar-refractivity contribution in [2.75, 3.05) is 6.61 Å². The molecule has 0 amide bonds. The van der Waals surface area contributed by atoms with Gasteiger partial charge < -0.3 is 24.9 Å². The quantitative estimate of drug-likeness (QED) is 0.421. The summed E-state index contributed by atoms with van der Waals surface area (Å²) in [6.45, 7) is 17.3. The third-order valence-electron chi connectivity index (χ3n) is 1.75. The van der Waals surface area contributed by atoms with Gasteiger partial charge in [-0.3, -0.25) is 0 Å². The Labute approximate surface area is 138 Å². The van der Waals surface area contributed by atoms with Crippen LogP contribution < -0.4 is 10.6 Å². The van der Waals surface area contributed by atoms with E-state index in [2.05, 4.69) is 70.5 Å². The first-order chi connectivity index (χ1) is 10.0. The van der Waals surface area contributed by atoms with E-state index in [1.807, 2.05) is 0 Å². The number of hydrogen-bond donors (Lipinski definition) is 4. The third-order valence-corrected chi connectivity index (χ3v) is 2.17. The Morgan fingerprint density at radius 1 is 0.864 bits per heavy atom. The lowest BCUT2D eigenvalue weighted by Gasteiger charge is -2.10. The molecule has 134 valence electrons. The fourth-order valence-corrected chi connectivity index (χ4v) is 1.76. The molecule has 0 atom stereocenters. The summed E-state index contributed by atoms with van der Waals surface area (Å²) in [4.78, 5) is 16.1.